The van der Waals surface area contributed by atoms with Gasteiger partial charge in [-0.3, -0.25) is 9.10 Å². The van der Waals surface area contributed by atoms with Crippen molar-refractivity contribution in [3.8, 4) is 5.75 Å². The van der Waals surface area contributed by atoms with Gasteiger partial charge in [-0.25, -0.2) is 8.42 Å². The molecule has 1 N–H and O–H groups in total. The first-order valence-corrected chi connectivity index (χ1v) is 11.3. The van der Waals surface area contributed by atoms with E-state index in [9.17, 15) is 13.2 Å². The minimum absolute atomic E-state index is 0.00717. The molecule has 0 radical (unpaired) electrons. The van der Waals surface area contributed by atoms with E-state index in [1.807, 2.05) is 6.07 Å². The molecule has 0 bridgehead atoms. The SMILES string of the molecule is O=C(NC[C@@H]1CCCO1)[C@@H]1CN(S(=O)(=O)Cc2ccccc2)c2ccccc2O1. The summed E-state index contributed by atoms with van der Waals surface area (Å²) in [6.45, 7) is 1.04. The molecule has 0 unspecified atom stereocenters. The van der Waals surface area contributed by atoms with Crippen LogP contribution in [0.4, 0.5) is 5.69 Å². The number of benzene rings is 2. The van der Waals surface area contributed by atoms with Crippen LogP contribution < -0.4 is 14.4 Å². The molecule has 2 aliphatic heterocycles. The smallest absolute Gasteiger partial charge is 0.263 e. The van der Waals surface area contributed by atoms with Crippen molar-refractivity contribution in [1.82, 2.24) is 5.32 Å². The normalized spacial score (nSPS) is 21.3. The average Bonchev–Trinajstić information content (AvgIpc) is 3.25. The van der Waals surface area contributed by atoms with Crippen molar-refractivity contribution >= 4 is 21.6 Å². The summed E-state index contributed by atoms with van der Waals surface area (Å²) < 4.78 is 39.0. The van der Waals surface area contributed by atoms with Crippen molar-refractivity contribution in [2.75, 3.05) is 24.0 Å². The van der Waals surface area contributed by atoms with Gasteiger partial charge in [-0.15, -0.1) is 0 Å². The lowest BCUT2D eigenvalue weighted by Gasteiger charge is -2.34. The monoisotopic (exact) mass is 416 g/mol. The molecule has 0 saturated carbocycles. The van der Waals surface area contributed by atoms with Gasteiger partial charge in [-0.1, -0.05) is 42.5 Å². The molecular formula is C21H24N2O5S. The molecule has 7 nitrogen and oxygen atoms in total. The maximum Gasteiger partial charge on any atom is 0.263 e. The van der Waals surface area contributed by atoms with E-state index in [1.165, 1.54) is 4.31 Å². The van der Waals surface area contributed by atoms with Gasteiger partial charge in [0.2, 0.25) is 10.0 Å². The number of nitrogens with one attached hydrogen (secondary N) is 1. The number of anilines is 1. The fourth-order valence-corrected chi connectivity index (χ4v) is 5.18. The zero-order valence-electron chi connectivity index (χ0n) is 16.0. The Bertz CT molecular complexity index is 958. The van der Waals surface area contributed by atoms with E-state index in [0.717, 1.165) is 12.8 Å². The van der Waals surface area contributed by atoms with E-state index in [4.69, 9.17) is 9.47 Å². The van der Waals surface area contributed by atoms with Crippen LogP contribution in [0.5, 0.6) is 5.75 Å². The second-order valence-electron chi connectivity index (χ2n) is 7.23. The van der Waals surface area contributed by atoms with Crippen molar-refractivity contribution < 1.29 is 22.7 Å². The van der Waals surface area contributed by atoms with Crippen molar-refractivity contribution in [3.05, 3.63) is 60.2 Å². The van der Waals surface area contributed by atoms with Crippen LogP contribution in [0, 0.1) is 0 Å². The number of hydrogen-bond donors (Lipinski definition) is 1. The van der Waals surface area contributed by atoms with E-state index in [1.54, 1.807) is 48.5 Å². The van der Waals surface area contributed by atoms with E-state index in [0.29, 0.717) is 30.2 Å². The van der Waals surface area contributed by atoms with Gasteiger partial charge >= 0.3 is 0 Å². The summed E-state index contributed by atoms with van der Waals surface area (Å²) in [7, 11) is -3.70. The summed E-state index contributed by atoms with van der Waals surface area (Å²) in [5, 5.41) is 2.84. The summed E-state index contributed by atoms with van der Waals surface area (Å²) in [5.41, 5.74) is 1.14. The van der Waals surface area contributed by atoms with Gasteiger partial charge in [-0.05, 0) is 30.5 Å². The largest absolute Gasteiger partial charge is 0.476 e. The molecule has 2 aromatic carbocycles. The molecule has 0 aliphatic carbocycles. The highest BCUT2D eigenvalue weighted by molar-refractivity contribution is 7.92. The summed E-state index contributed by atoms with van der Waals surface area (Å²) in [5.74, 6) is -0.102. The first-order valence-electron chi connectivity index (χ1n) is 9.72. The van der Waals surface area contributed by atoms with E-state index < -0.39 is 16.1 Å². The third-order valence-corrected chi connectivity index (χ3v) is 6.80. The lowest BCUT2D eigenvalue weighted by Crippen LogP contribution is -2.51. The fraction of sp³-hybridized carbons (Fsp3) is 0.381. The number of fused-ring (bicyclic) bond motifs is 1. The van der Waals surface area contributed by atoms with Crippen molar-refractivity contribution in [2.24, 2.45) is 0 Å². The number of carbonyl (C=O) groups is 1. The van der Waals surface area contributed by atoms with Gasteiger partial charge in [-0.2, -0.15) is 0 Å². The molecule has 0 spiro atoms. The van der Waals surface area contributed by atoms with Gasteiger partial charge < -0.3 is 14.8 Å². The van der Waals surface area contributed by atoms with E-state index >= 15 is 0 Å². The number of ether oxygens (including phenoxy) is 2. The Hall–Kier alpha value is -2.58. The molecule has 154 valence electrons. The molecule has 4 rings (SSSR count). The molecule has 0 aromatic heterocycles. The molecular weight excluding hydrogens is 392 g/mol. The number of nitrogens with zero attached hydrogens (tertiary/aromatic N) is 1. The predicted molar refractivity (Wildman–Crippen MR) is 109 cm³/mol. The van der Waals surface area contributed by atoms with Crippen LogP contribution in [-0.4, -0.2) is 46.2 Å². The summed E-state index contributed by atoms with van der Waals surface area (Å²) in [6.07, 6.45) is 0.982. The zero-order valence-corrected chi connectivity index (χ0v) is 16.8. The van der Waals surface area contributed by atoms with Crippen molar-refractivity contribution in [1.29, 1.82) is 0 Å². The Morgan fingerprint density at radius 2 is 1.86 bits per heavy atom. The number of hydrogen-bond acceptors (Lipinski definition) is 5. The minimum atomic E-state index is -3.70. The second kappa shape index (κ2) is 8.42. The standard InChI is InChI=1S/C21H24N2O5S/c24-21(22-13-17-9-6-12-27-17)20-14-23(18-10-4-5-11-19(18)28-20)29(25,26)15-16-7-2-1-3-8-16/h1-5,7-8,10-11,17,20H,6,9,12-15H2,(H,22,24)/t17-,20-/m0/s1. The molecule has 2 aliphatic rings. The Morgan fingerprint density at radius 3 is 2.62 bits per heavy atom. The van der Waals surface area contributed by atoms with Crippen LogP contribution in [0.3, 0.4) is 0 Å². The molecule has 1 fully saturated rings. The first kappa shape index (κ1) is 19.7. The van der Waals surface area contributed by atoms with Gasteiger partial charge in [0.25, 0.3) is 5.91 Å². The highest BCUT2D eigenvalue weighted by Crippen LogP contribution is 2.35. The number of sulfonamides is 1. The maximum absolute atomic E-state index is 13.2. The Balaban J connectivity index is 1.53. The number of carbonyl (C=O) groups excluding carboxylic acids is 1. The minimum Gasteiger partial charge on any atom is -0.476 e. The van der Waals surface area contributed by atoms with Crippen LogP contribution in [0.25, 0.3) is 0 Å². The molecule has 2 aromatic rings. The number of para-hydroxylation sites is 2. The molecule has 1 saturated heterocycles. The summed E-state index contributed by atoms with van der Waals surface area (Å²) in [6, 6.07) is 15.9. The highest BCUT2D eigenvalue weighted by atomic mass is 32.2. The third kappa shape index (κ3) is 4.54. The summed E-state index contributed by atoms with van der Waals surface area (Å²) >= 11 is 0. The molecule has 2 atom stereocenters. The third-order valence-electron chi connectivity index (χ3n) is 5.08. The van der Waals surface area contributed by atoms with Crippen LogP contribution in [0.1, 0.15) is 18.4 Å². The van der Waals surface area contributed by atoms with Crippen LogP contribution in [0.2, 0.25) is 0 Å². The Kier molecular flexibility index (Phi) is 5.73. The Morgan fingerprint density at radius 1 is 1.10 bits per heavy atom. The van der Waals surface area contributed by atoms with Crippen molar-refractivity contribution in [3.63, 3.8) is 0 Å². The average molecular weight is 416 g/mol. The van der Waals surface area contributed by atoms with Crippen LogP contribution in [-0.2, 0) is 25.3 Å². The maximum atomic E-state index is 13.2. The van der Waals surface area contributed by atoms with Gasteiger partial charge in [0.15, 0.2) is 6.10 Å². The second-order valence-corrected chi connectivity index (χ2v) is 9.12. The van der Waals surface area contributed by atoms with E-state index in [2.05, 4.69) is 5.32 Å². The lowest BCUT2D eigenvalue weighted by molar-refractivity contribution is -0.128. The summed E-state index contributed by atoms with van der Waals surface area (Å²) in [4.78, 5) is 12.7. The lowest BCUT2D eigenvalue weighted by atomic mass is 10.2. The number of amides is 1. The van der Waals surface area contributed by atoms with Crippen molar-refractivity contribution in [2.45, 2.75) is 30.8 Å². The quantitative estimate of drug-likeness (QED) is 0.779. The zero-order chi connectivity index (χ0) is 20.3. The predicted octanol–water partition coefficient (Wildman–Crippen LogP) is 2.08. The first-order chi connectivity index (χ1) is 14.0. The molecule has 29 heavy (non-hydrogen) atoms. The van der Waals surface area contributed by atoms with Crippen LogP contribution >= 0.6 is 0 Å². The Labute approximate surface area is 170 Å². The topological polar surface area (TPSA) is 84.9 Å². The van der Waals surface area contributed by atoms with Crippen LogP contribution in [0.15, 0.2) is 54.6 Å². The number of rotatable bonds is 6. The van der Waals surface area contributed by atoms with Gasteiger partial charge in [0, 0.05) is 13.2 Å². The van der Waals surface area contributed by atoms with E-state index in [-0.39, 0.29) is 24.3 Å². The fourth-order valence-electron chi connectivity index (χ4n) is 3.60. The highest BCUT2D eigenvalue weighted by Gasteiger charge is 2.36. The van der Waals surface area contributed by atoms with Gasteiger partial charge in [0.05, 0.1) is 24.1 Å². The molecule has 2 heterocycles. The van der Waals surface area contributed by atoms with Gasteiger partial charge in [0.1, 0.15) is 5.75 Å². The molecule has 8 heteroatoms. The molecule has 1 amide bonds.